The Labute approximate surface area is 382 Å². The standard InChI is InChI=1S/2C6H9NO2.4C6H11NO.2C6H8O/c2*1-4-3-5(8)7(2)6(4)9;2*1-5-3-6(8)7(2)4-5;2*1-5-3-4-7(2)6(5)8;2*1-5-3-6(2)7-4-5/h2*4H,3H2,1-2H3;4*5H,3-4H2,1-2H3;2*3-4H,1-2H3. The fourth-order valence-electron chi connectivity index (χ4n) is 7.20. The van der Waals surface area contributed by atoms with E-state index in [0.717, 1.165) is 63.4 Å². The van der Waals surface area contributed by atoms with E-state index in [0.29, 0.717) is 36.5 Å². The molecule has 0 N–H and O–H groups in total. The van der Waals surface area contributed by atoms with Gasteiger partial charge in [0.15, 0.2) is 0 Å². The van der Waals surface area contributed by atoms with Crippen molar-refractivity contribution < 1.29 is 47.2 Å². The molecule has 16 heteroatoms. The topological polar surface area (TPSA) is 182 Å². The Bertz CT molecular complexity index is 1680. The Morgan fingerprint density at radius 1 is 0.422 bits per heavy atom. The lowest BCUT2D eigenvalue weighted by Gasteiger charge is -2.05. The van der Waals surface area contributed by atoms with Gasteiger partial charge in [0.05, 0.1) is 12.5 Å². The van der Waals surface area contributed by atoms with Gasteiger partial charge in [0, 0.05) is 118 Å². The predicted octanol–water partition coefficient (Wildman–Crippen LogP) is 5.75. The maximum Gasteiger partial charge on any atom is 0.232 e. The summed E-state index contributed by atoms with van der Waals surface area (Å²) in [5, 5.41) is 0. The first-order valence-corrected chi connectivity index (χ1v) is 22.3. The molecular weight excluding hydrogens is 821 g/mol. The van der Waals surface area contributed by atoms with Crippen molar-refractivity contribution in [3.8, 4) is 0 Å². The summed E-state index contributed by atoms with van der Waals surface area (Å²) >= 11 is 0. The molecule has 8 rings (SSSR count). The first-order valence-electron chi connectivity index (χ1n) is 22.3. The molecule has 6 atom stereocenters. The van der Waals surface area contributed by atoms with Gasteiger partial charge in [0.25, 0.3) is 0 Å². The van der Waals surface area contributed by atoms with E-state index in [9.17, 15) is 38.4 Å². The summed E-state index contributed by atoms with van der Waals surface area (Å²) in [6.07, 6.45) is 7.83. The maximum atomic E-state index is 10.8. The lowest BCUT2D eigenvalue weighted by atomic mass is 10.1. The Hall–Kier alpha value is -5.28. The molecule has 16 nitrogen and oxygen atoms in total. The summed E-state index contributed by atoms with van der Waals surface area (Å²) < 4.78 is 9.93. The number of amides is 8. The van der Waals surface area contributed by atoms with Crippen LogP contribution in [0.3, 0.4) is 0 Å². The summed E-state index contributed by atoms with van der Waals surface area (Å²) in [6, 6.07) is 4.00. The monoisotopic (exact) mass is 899 g/mol. The van der Waals surface area contributed by atoms with E-state index in [1.807, 2.05) is 81.9 Å². The Morgan fingerprint density at radius 2 is 0.734 bits per heavy atom. The minimum absolute atomic E-state index is 0.0556. The molecule has 6 saturated heterocycles. The van der Waals surface area contributed by atoms with Crippen molar-refractivity contribution in [2.45, 2.75) is 108 Å². The van der Waals surface area contributed by atoms with Gasteiger partial charge >= 0.3 is 0 Å². The highest BCUT2D eigenvalue weighted by Gasteiger charge is 2.33. The molecule has 2 aromatic heterocycles. The van der Waals surface area contributed by atoms with Crippen LogP contribution >= 0.6 is 0 Å². The van der Waals surface area contributed by atoms with E-state index < -0.39 is 0 Å². The number of hydrogen-bond donors (Lipinski definition) is 0. The van der Waals surface area contributed by atoms with Crippen LogP contribution in [0.2, 0.25) is 0 Å². The van der Waals surface area contributed by atoms with Gasteiger partial charge in [-0.25, -0.2) is 0 Å². The zero-order valence-corrected chi connectivity index (χ0v) is 41.6. The van der Waals surface area contributed by atoms with Crippen LogP contribution in [0.1, 0.15) is 103 Å². The van der Waals surface area contributed by atoms with Crippen molar-refractivity contribution in [2.75, 3.05) is 68.5 Å². The highest BCUT2D eigenvalue weighted by Crippen LogP contribution is 2.18. The average molecular weight is 899 g/mol. The Balaban J connectivity index is 0.000000366. The zero-order valence-electron chi connectivity index (χ0n) is 41.6. The van der Waals surface area contributed by atoms with Gasteiger partial charge in [0.1, 0.15) is 11.5 Å². The van der Waals surface area contributed by atoms with Crippen molar-refractivity contribution in [1.29, 1.82) is 0 Å². The number of carbonyl (C=O) groups is 8. The second-order valence-corrected chi connectivity index (χ2v) is 18.3. The summed E-state index contributed by atoms with van der Waals surface area (Å²) in [4.78, 5) is 95.6. The maximum absolute atomic E-state index is 10.8. The van der Waals surface area contributed by atoms with Crippen molar-refractivity contribution in [1.82, 2.24) is 29.4 Å². The van der Waals surface area contributed by atoms with E-state index in [4.69, 9.17) is 8.83 Å². The molecule has 8 heterocycles. The molecule has 64 heavy (non-hydrogen) atoms. The highest BCUT2D eigenvalue weighted by molar-refractivity contribution is 6.03. The molecule has 2 aromatic rings. The van der Waals surface area contributed by atoms with Gasteiger partial charge < -0.3 is 28.4 Å². The van der Waals surface area contributed by atoms with Crippen molar-refractivity contribution in [3.05, 3.63) is 47.3 Å². The van der Waals surface area contributed by atoms with E-state index in [2.05, 4.69) is 13.8 Å². The molecule has 360 valence electrons. The molecular formula is C48H78N6O10. The van der Waals surface area contributed by atoms with Gasteiger partial charge in [-0.05, 0) is 75.6 Å². The summed E-state index contributed by atoms with van der Waals surface area (Å²) in [5.74, 6) is 4.42. The number of carbonyl (C=O) groups excluding carboxylic acids is 8. The summed E-state index contributed by atoms with van der Waals surface area (Å²) in [7, 11) is 10.5. The number of aryl methyl sites for hydroxylation is 4. The number of imide groups is 2. The number of rotatable bonds is 0. The SMILES string of the molecule is CC1CC(=O)N(C)C1.CC1CC(=O)N(C)C1.CC1CC(=O)N(C)C1=O.CC1CC(=O)N(C)C1=O.CC1CCN(C)C1=O.CC1CCN(C)C1=O.Cc1coc(C)c1.Cc1coc(C)c1. The molecule has 0 spiro atoms. The second kappa shape index (κ2) is 27.1. The fraction of sp³-hybridized carbons (Fsp3) is 0.667. The Morgan fingerprint density at radius 3 is 0.797 bits per heavy atom. The molecule has 0 radical (unpaired) electrons. The van der Waals surface area contributed by atoms with Crippen LogP contribution in [0.5, 0.6) is 0 Å². The van der Waals surface area contributed by atoms with Crippen LogP contribution in [-0.2, 0) is 38.4 Å². The summed E-state index contributed by atoms with van der Waals surface area (Å²) in [6.45, 7) is 23.4. The number of nitrogens with zero attached hydrogens (tertiary/aromatic N) is 6. The molecule has 6 fully saturated rings. The second-order valence-electron chi connectivity index (χ2n) is 18.3. The van der Waals surface area contributed by atoms with Crippen LogP contribution in [0.25, 0.3) is 0 Å². The van der Waals surface area contributed by atoms with Crippen molar-refractivity contribution in [3.63, 3.8) is 0 Å². The molecule has 0 saturated carbocycles. The third kappa shape index (κ3) is 19.6. The quantitative estimate of drug-likeness (QED) is 0.295. The van der Waals surface area contributed by atoms with Gasteiger partial charge in [-0.15, -0.1) is 0 Å². The van der Waals surface area contributed by atoms with Gasteiger partial charge in [-0.3, -0.25) is 48.2 Å². The average Bonchev–Trinajstić information content (AvgIpc) is 4.12. The van der Waals surface area contributed by atoms with Crippen molar-refractivity contribution in [2.24, 2.45) is 35.5 Å². The minimum atomic E-state index is -0.0949. The van der Waals surface area contributed by atoms with E-state index >= 15 is 0 Å². The molecule has 0 aliphatic carbocycles. The third-order valence-electron chi connectivity index (χ3n) is 11.4. The normalized spacial score (nSPS) is 24.6. The smallest absolute Gasteiger partial charge is 0.232 e. The van der Waals surface area contributed by atoms with Gasteiger partial charge in [0.2, 0.25) is 47.3 Å². The number of furan rings is 2. The van der Waals surface area contributed by atoms with Crippen LogP contribution < -0.4 is 0 Å². The molecule has 0 aromatic carbocycles. The van der Waals surface area contributed by atoms with Gasteiger partial charge in [-0.1, -0.05) is 41.5 Å². The first kappa shape index (κ1) is 56.7. The van der Waals surface area contributed by atoms with Crippen molar-refractivity contribution >= 4 is 47.3 Å². The fourth-order valence-corrected chi connectivity index (χ4v) is 7.20. The molecule has 0 bridgehead atoms. The number of likely N-dealkylation sites (tertiary alicyclic amines) is 6. The lowest BCUT2D eigenvalue weighted by Crippen LogP contribution is -2.24. The molecule has 6 unspecified atom stereocenters. The molecule has 8 amide bonds. The van der Waals surface area contributed by atoms with Crippen LogP contribution in [0.15, 0.2) is 33.5 Å². The third-order valence-corrected chi connectivity index (χ3v) is 11.4. The Kier molecular flexibility index (Phi) is 24.1. The van der Waals surface area contributed by atoms with E-state index in [-0.39, 0.29) is 59.1 Å². The predicted molar refractivity (Wildman–Crippen MR) is 245 cm³/mol. The van der Waals surface area contributed by atoms with E-state index in [1.165, 1.54) is 35.0 Å². The number of hydrogen-bond acceptors (Lipinski definition) is 10. The van der Waals surface area contributed by atoms with Crippen LogP contribution in [0, 0.1) is 63.2 Å². The summed E-state index contributed by atoms with van der Waals surface area (Å²) in [5.41, 5.74) is 2.38. The largest absolute Gasteiger partial charge is 0.469 e. The van der Waals surface area contributed by atoms with Crippen LogP contribution in [-0.4, -0.2) is 145 Å². The van der Waals surface area contributed by atoms with Crippen LogP contribution in [0.4, 0.5) is 0 Å². The minimum Gasteiger partial charge on any atom is -0.469 e. The lowest BCUT2D eigenvalue weighted by molar-refractivity contribution is -0.139. The highest BCUT2D eigenvalue weighted by atomic mass is 16.3. The first-order chi connectivity index (χ1) is 29.7. The van der Waals surface area contributed by atoms with E-state index in [1.54, 1.807) is 46.0 Å². The zero-order chi connectivity index (χ0) is 49.2. The molecule has 6 aliphatic heterocycles. The van der Waals surface area contributed by atoms with Gasteiger partial charge in [-0.2, -0.15) is 0 Å². The molecule has 6 aliphatic rings.